The predicted molar refractivity (Wildman–Crippen MR) is 139 cm³/mol. The number of amides is 1. The van der Waals surface area contributed by atoms with Crippen LogP contribution in [0.3, 0.4) is 0 Å². The van der Waals surface area contributed by atoms with Gasteiger partial charge in [-0.3, -0.25) is 4.79 Å². The number of anilines is 1. The third-order valence-corrected chi connectivity index (χ3v) is 6.79. The average molecular weight is 486 g/mol. The van der Waals surface area contributed by atoms with Crippen LogP contribution in [0, 0.1) is 0 Å². The van der Waals surface area contributed by atoms with Gasteiger partial charge in [-0.05, 0) is 68.5 Å². The molecular weight excluding hydrogens is 454 g/mol. The van der Waals surface area contributed by atoms with Gasteiger partial charge in [0.05, 0.1) is 17.5 Å². The summed E-state index contributed by atoms with van der Waals surface area (Å²) in [5.41, 5.74) is 14.6. The van der Waals surface area contributed by atoms with E-state index < -0.39 is 6.04 Å². The predicted octanol–water partition coefficient (Wildman–Crippen LogP) is 4.21. The molecular formula is C27H31N7O2. The van der Waals surface area contributed by atoms with Gasteiger partial charge in [0.15, 0.2) is 5.65 Å². The summed E-state index contributed by atoms with van der Waals surface area (Å²) in [4.78, 5) is 21.0. The Morgan fingerprint density at radius 1 is 1.06 bits per heavy atom. The van der Waals surface area contributed by atoms with Gasteiger partial charge in [-0.25, -0.2) is 14.6 Å². The highest BCUT2D eigenvalue weighted by Gasteiger charge is 2.28. The molecule has 1 saturated carbocycles. The first-order valence-electron chi connectivity index (χ1n) is 12.4. The maximum Gasteiger partial charge on any atom is 0.237 e. The largest absolute Gasteiger partial charge is 0.457 e. The molecule has 1 fully saturated rings. The number of nitrogen functional groups attached to an aromatic ring is 1. The Labute approximate surface area is 209 Å². The van der Waals surface area contributed by atoms with Crippen molar-refractivity contribution in [2.45, 2.75) is 57.2 Å². The highest BCUT2D eigenvalue weighted by atomic mass is 16.5. The van der Waals surface area contributed by atoms with Crippen molar-refractivity contribution in [1.29, 1.82) is 0 Å². The smallest absolute Gasteiger partial charge is 0.237 e. The number of ether oxygens (including phenoxy) is 1. The number of nitrogens with one attached hydrogen (secondary N) is 1. The monoisotopic (exact) mass is 485 g/mol. The first-order valence-corrected chi connectivity index (χ1v) is 12.4. The van der Waals surface area contributed by atoms with E-state index in [1.54, 1.807) is 0 Å². The summed E-state index contributed by atoms with van der Waals surface area (Å²) in [6.07, 6.45) is 5.57. The lowest BCUT2D eigenvalue weighted by Crippen LogP contribution is -2.46. The van der Waals surface area contributed by atoms with Crippen LogP contribution in [0.5, 0.6) is 11.5 Å². The Morgan fingerprint density at radius 2 is 1.75 bits per heavy atom. The zero-order valence-electron chi connectivity index (χ0n) is 20.3. The molecule has 1 atom stereocenters. The Morgan fingerprint density at radius 3 is 2.44 bits per heavy atom. The van der Waals surface area contributed by atoms with Gasteiger partial charge >= 0.3 is 0 Å². The highest BCUT2D eigenvalue weighted by molar-refractivity contribution is 5.98. The van der Waals surface area contributed by atoms with E-state index in [-0.39, 0.29) is 18.0 Å². The molecule has 0 saturated heterocycles. The lowest BCUT2D eigenvalue weighted by molar-refractivity contribution is -0.123. The first-order chi connectivity index (χ1) is 17.5. The number of hydrogen-bond donors (Lipinski definition) is 3. The molecule has 0 radical (unpaired) electrons. The molecule has 0 spiro atoms. The molecule has 2 aromatic carbocycles. The molecule has 36 heavy (non-hydrogen) atoms. The quantitative estimate of drug-likeness (QED) is 0.357. The molecule has 2 heterocycles. The molecule has 9 nitrogen and oxygen atoms in total. The zero-order valence-corrected chi connectivity index (χ0v) is 20.3. The van der Waals surface area contributed by atoms with Gasteiger partial charge in [-0.15, -0.1) is 0 Å². The van der Waals surface area contributed by atoms with E-state index in [1.165, 1.54) is 6.33 Å². The maximum absolute atomic E-state index is 12.2. The second-order valence-electron chi connectivity index (χ2n) is 9.22. The van der Waals surface area contributed by atoms with E-state index in [9.17, 15) is 4.79 Å². The van der Waals surface area contributed by atoms with Gasteiger partial charge in [0.2, 0.25) is 5.91 Å². The van der Waals surface area contributed by atoms with Gasteiger partial charge in [0.1, 0.15) is 29.3 Å². The normalized spacial score (nSPS) is 18.6. The van der Waals surface area contributed by atoms with Crippen molar-refractivity contribution in [2.75, 3.05) is 5.73 Å². The summed E-state index contributed by atoms with van der Waals surface area (Å²) in [6, 6.07) is 17.3. The second-order valence-corrected chi connectivity index (χ2v) is 9.22. The lowest BCUT2D eigenvalue weighted by atomic mass is 9.91. The number of nitrogens with zero attached hydrogens (tertiary/aromatic N) is 4. The molecule has 186 valence electrons. The van der Waals surface area contributed by atoms with Crippen LogP contribution in [0.1, 0.15) is 45.1 Å². The third kappa shape index (κ3) is 4.87. The molecule has 0 aliphatic heterocycles. The van der Waals surface area contributed by atoms with E-state index in [4.69, 9.17) is 21.3 Å². The average Bonchev–Trinajstić information content (AvgIpc) is 3.30. The van der Waals surface area contributed by atoms with Crippen molar-refractivity contribution in [3.8, 4) is 22.8 Å². The second kappa shape index (κ2) is 10.3. The molecule has 9 heteroatoms. The van der Waals surface area contributed by atoms with Gasteiger partial charge in [0.25, 0.3) is 0 Å². The van der Waals surface area contributed by atoms with Crippen molar-refractivity contribution in [2.24, 2.45) is 5.73 Å². The van der Waals surface area contributed by atoms with Crippen LogP contribution in [0.25, 0.3) is 22.3 Å². The summed E-state index contributed by atoms with van der Waals surface area (Å²) in [5.74, 6) is 1.84. The van der Waals surface area contributed by atoms with Crippen LogP contribution in [0.4, 0.5) is 5.82 Å². The number of aromatic nitrogens is 4. The van der Waals surface area contributed by atoms with Crippen LogP contribution in [-0.2, 0) is 4.79 Å². The third-order valence-electron chi connectivity index (χ3n) is 6.79. The van der Waals surface area contributed by atoms with E-state index in [2.05, 4.69) is 15.3 Å². The Kier molecular flexibility index (Phi) is 6.81. The highest BCUT2D eigenvalue weighted by Crippen LogP contribution is 2.36. The molecule has 5 rings (SSSR count). The number of fused-ring (bicyclic) bond motifs is 1. The molecule has 0 bridgehead atoms. The lowest BCUT2D eigenvalue weighted by Gasteiger charge is -2.30. The van der Waals surface area contributed by atoms with Crippen LogP contribution < -0.4 is 21.5 Å². The molecule has 4 aromatic rings. The number of carbonyl (C=O) groups is 1. The van der Waals surface area contributed by atoms with Crippen molar-refractivity contribution < 1.29 is 9.53 Å². The van der Waals surface area contributed by atoms with Gasteiger partial charge in [-0.2, -0.15) is 5.10 Å². The molecule has 1 amide bonds. The number of benzene rings is 2. The molecule has 5 N–H and O–H groups in total. The number of carbonyl (C=O) groups excluding carboxylic acids is 1. The summed E-state index contributed by atoms with van der Waals surface area (Å²) in [6.45, 7) is 1.92. The van der Waals surface area contributed by atoms with Crippen molar-refractivity contribution in [3.63, 3.8) is 0 Å². The van der Waals surface area contributed by atoms with Crippen molar-refractivity contribution in [3.05, 3.63) is 60.9 Å². The number of hydrogen-bond acceptors (Lipinski definition) is 7. The van der Waals surface area contributed by atoms with Crippen LogP contribution in [0.15, 0.2) is 60.9 Å². The topological polar surface area (TPSA) is 134 Å². The molecule has 2 aromatic heterocycles. The number of rotatable bonds is 7. The number of nitrogens with two attached hydrogens (primary N) is 2. The SMILES string of the molecule is CCC(N)C(=O)NC1CCC(n2nc(-c3ccc(Oc4ccccc4)cc3)c3c(N)ncnc32)CC1. The standard InChI is InChI=1S/C27H31N7O2/c1-2-22(28)27(35)32-18-10-12-19(13-11-18)34-26-23(25(29)30-16-31-26)24(33-34)17-8-14-21(15-9-17)36-20-6-4-3-5-7-20/h3-9,14-16,18-19,22H,2,10-13,28H2,1H3,(H,32,35)(H2,29,30,31). The summed E-state index contributed by atoms with van der Waals surface area (Å²) < 4.78 is 7.91. The molecule has 1 aliphatic rings. The fourth-order valence-corrected chi connectivity index (χ4v) is 4.72. The fraction of sp³-hybridized carbons (Fsp3) is 0.333. The summed E-state index contributed by atoms with van der Waals surface area (Å²) in [5, 5.41) is 8.81. The van der Waals surface area contributed by atoms with E-state index in [0.717, 1.165) is 59.5 Å². The Balaban J connectivity index is 1.37. The summed E-state index contributed by atoms with van der Waals surface area (Å²) in [7, 11) is 0. The van der Waals surface area contributed by atoms with E-state index in [1.807, 2.05) is 66.2 Å². The minimum absolute atomic E-state index is 0.0759. The van der Waals surface area contributed by atoms with Crippen LogP contribution >= 0.6 is 0 Å². The molecule has 1 aliphatic carbocycles. The van der Waals surface area contributed by atoms with Crippen molar-refractivity contribution in [1.82, 2.24) is 25.1 Å². The van der Waals surface area contributed by atoms with E-state index in [0.29, 0.717) is 12.2 Å². The first kappa shape index (κ1) is 23.7. The minimum atomic E-state index is -0.454. The Hall–Kier alpha value is -3.98. The fourth-order valence-electron chi connectivity index (χ4n) is 4.72. The minimum Gasteiger partial charge on any atom is -0.457 e. The maximum atomic E-state index is 12.2. The molecule has 1 unspecified atom stereocenters. The van der Waals surface area contributed by atoms with E-state index >= 15 is 0 Å². The van der Waals surface area contributed by atoms with Crippen LogP contribution in [-0.4, -0.2) is 37.7 Å². The van der Waals surface area contributed by atoms with Gasteiger partial charge in [-0.1, -0.05) is 25.1 Å². The summed E-state index contributed by atoms with van der Waals surface area (Å²) >= 11 is 0. The van der Waals surface area contributed by atoms with Gasteiger partial charge in [0, 0.05) is 11.6 Å². The van der Waals surface area contributed by atoms with Crippen LogP contribution in [0.2, 0.25) is 0 Å². The number of para-hydroxylation sites is 1. The Bertz CT molecular complexity index is 1330. The zero-order chi connectivity index (χ0) is 25.1. The van der Waals surface area contributed by atoms with Crippen molar-refractivity contribution >= 4 is 22.8 Å². The van der Waals surface area contributed by atoms with Gasteiger partial charge < -0.3 is 21.5 Å².